The number of nitrogens with zero attached hydrogens (tertiary/aromatic N) is 4. The van der Waals surface area contributed by atoms with E-state index < -0.39 is 0 Å². The highest BCUT2D eigenvalue weighted by molar-refractivity contribution is 5.98. The Labute approximate surface area is 164 Å². The van der Waals surface area contributed by atoms with Crippen LogP contribution >= 0.6 is 0 Å². The number of carbonyl (C=O) groups excluding carboxylic acids is 1. The van der Waals surface area contributed by atoms with Crippen LogP contribution in [0.5, 0.6) is 0 Å². The zero-order valence-corrected chi connectivity index (χ0v) is 16.3. The number of carbonyl (C=O) groups is 1. The van der Waals surface area contributed by atoms with E-state index in [1.807, 2.05) is 42.3 Å². The number of benzene rings is 1. The van der Waals surface area contributed by atoms with E-state index in [1.54, 1.807) is 0 Å². The second kappa shape index (κ2) is 6.71. The highest BCUT2D eigenvalue weighted by Crippen LogP contribution is 2.29. The lowest BCUT2D eigenvalue weighted by molar-refractivity contribution is 0.0733. The number of likely N-dealkylation sites (tertiary alicyclic amines) is 1. The van der Waals surface area contributed by atoms with Crippen LogP contribution in [0.1, 0.15) is 52.1 Å². The molecule has 0 aliphatic carbocycles. The van der Waals surface area contributed by atoms with E-state index >= 15 is 0 Å². The van der Waals surface area contributed by atoms with E-state index in [2.05, 4.69) is 16.9 Å². The normalized spacial score (nSPS) is 19.9. The number of hydrogen-bond donors (Lipinski definition) is 0. The monoisotopic (exact) mass is 376 g/mol. The van der Waals surface area contributed by atoms with E-state index in [9.17, 15) is 4.79 Å². The maximum atomic E-state index is 13.0. The van der Waals surface area contributed by atoms with Crippen molar-refractivity contribution in [3.63, 3.8) is 0 Å². The zero-order valence-electron chi connectivity index (χ0n) is 16.3. The average Bonchev–Trinajstić information content (AvgIpc) is 3.30. The van der Waals surface area contributed by atoms with Crippen LogP contribution in [0.3, 0.4) is 0 Å². The Balaban J connectivity index is 1.36. The zero-order chi connectivity index (χ0) is 19.3. The molecule has 0 radical (unpaired) electrons. The van der Waals surface area contributed by atoms with E-state index in [0.29, 0.717) is 24.7 Å². The molecule has 0 spiro atoms. The molecule has 1 amide bonds. The molecular weight excluding hydrogens is 352 g/mol. The number of furan rings is 1. The van der Waals surface area contributed by atoms with Crippen LogP contribution in [0.4, 0.5) is 0 Å². The smallest absolute Gasteiger partial charge is 0.254 e. The summed E-state index contributed by atoms with van der Waals surface area (Å²) in [5.41, 5.74) is 3.66. The van der Waals surface area contributed by atoms with E-state index in [1.165, 1.54) is 6.42 Å². The van der Waals surface area contributed by atoms with Gasteiger partial charge in [0, 0.05) is 42.2 Å². The van der Waals surface area contributed by atoms with Gasteiger partial charge in [-0.05, 0) is 57.6 Å². The van der Waals surface area contributed by atoms with Crippen LogP contribution in [0.15, 0.2) is 34.9 Å². The number of amides is 1. The van der Waals surface area contributed by atoms with Crippen LogP contribution in [-0.4, -0.2) is 45.8 Å². The van der Waals surface area contributed by atoms with E-state index in [-0.39, 0.29) is 5.91 Å². The minimum atomic E-state index is 0.0472. The first kappa shape index (κ1) is 17.4. The van der Waals surface area contributed by atoms with Crippen LogP contribution in [-0.2, 0) is 13.0 Å². The topological polar surface area (TPSA) is 62.5 Å². The Morgan fingerprint density at radius 2 is 2.14 bits per heavy atom. The van der Waals surface area contributed by atoms with Crippen molar-refractivity contribution in [2.45, 2.75) is 38.8 Å². The molecule has 3 aromatic rings. The fraction of sp³-hybridized carbons (Fsp3) is 0.409. The van der Waals surface area contributed by atoms with Gasteiger partial charge in [-0.3, -0.25) is 9.69 Å². The molecule has 144 valence electrons. The maximum absolute atomic E-state index is 13.0. The van der Waals surface area contributed by atoms with Crippen LogP contribution < -0.4 is 0 Å². The van der Waals surface area contributed by atoms with E-state index in [0.717, 1.165) is 53.2 Å². The van der Waals surface area contributed by atoms with Gasteiger partial charge in [0.2, 0.25) is 0 Å². The predicted octanol–water partition coefficient (Wildman–Crippen LogP) is 3.50. The SMILES string of the molecule is Cc1cc2cc(C(=O)N3CCc4nc([C@H]5CCCN5C)ncc4C3)ccc2o1. The summed E-state index contributed by atoms with van der Waals surface area (Å²) < 4.78 is 5.61. The minimum absolute atomic E-state index is 0.0472. The van der Waals surface area contributed by atoms with E-state index in [4.69, 9.17) is 9.40 Å². The molecule has 1 atom stereocenters. The summed E-state index contributed by atoms with van der Waals surface area (Å²) in [4.78, 5) is 26.7. The molecule has 5 rings (SSSR count). The first-order valence-electron chi connectivity index (χ1n) is 9.93. The summed E-state index contributed by atoms with van der Waals surface area (Å²) in [5.74, 6) is 1.83. The van der Waals surface area contributed by atoms with Gasteiger partial charge in [-0.1, -0.05) is 0 Å². The number of aryl methyl sites for hydroxylation is 1. The van der Waals surface area contributed by atoms with Gasteiger partial charge in [-0.25, -0.2) is 9.97 Å². The Morgan fingerprint density at radius 3 is 2.96 bits per heavy atom. The molecule has 2 aromatic heterocycles. The fourth-order valence-electron chi connectivity index (χ4n) is 4.39. The average molecular weight is 376 g/mol. The first-order valence-corrected chi connectivity index (χ1v) is 9.93. The highest BCUT2D eigenvalue weighted by Gasteiger charge is 2.28. The second-order valence-corrected chi connectivity index (χ2v) is 7.93. The number of hydrogen-bond acceptors (Lipinski definition) is 5. The van der Waals surface area contributed by atoms with Crippen LogP contribution in [0, 0.1) is 6.92 Å². The van der Waals surface area contributed by atoms with Crippen molar-refractivity contribution in [3.8, 4) is 0 Å². The molecule has 0 saturated carbocycles. The second-order valence-electron chi connectivity index (χ2n) is 7.93. The van der Waals surface area contributed by atoms with Gasteiger partial charge < -0.3 is 9.32 Å². The summed E-state index contributed by atoms with van der Waals surface area (Å²) >= 11 is 0. The molecule has 6 nitrogen and oxygen atoms in total. The summed E-state index contributed by atoms with van der Waals surface area (Å²) in [7, 11) is 2.14. The summed E-state index contributed by atoms with van der Waals surface area (Å²) in [6.45, 7) is 4.28. The lowest BCUT2D eigenvalue weighted by Gasteiger charge is -2.29. The quantitative estimate of drug-likeness (QED) is 0.685. The molecule has 1 aromatic carbocycles. The molecule has 6 heteroatoms. The van der Waals surface area contributed by atoms with Crippen LogP contribution in [0.25, 0.3) is 11.0 Å². The highest BCUT2D eigenvalue weighted by atomic mass is 16.3. The van der Waals surface area contributed by atoms with Crippen molar-refractivity contribution in [1.82, 2.24) is 19.8 Å². The Morgan fingerprint density at radius 1 is 1.25 bits per heavy atom. The minimum Gasteiger partial charge on any atom is -0.461 e. The van der Waals surface area contributed by atoms with Crippen molar-refractivity contribution >= 4 is 16.9 Å². The molecule has 1 saturated heterocycles. The first-order chi connectivity index (χ1) is 13.6. The van der Waals surface area contributed by atoms with Crippen molar-refractivity contribution in [1.29, 1.82) is 0 Å². The van der Waals surface area contributed by atoms with Crippen molar-refractivity contribution in [2.24, 2.45) is 0 Å². The lowest BCUT2D eigenvalue weighted by Crippen LogP contribution is -2.36. The third-order valence-corrected chi connectivity index (χ3v) is 5.94. The molecule has 0 N–H and O–H groups in total. The van der Waals surface area contributed by atoms with Crippen molar-refractivity contribution in [2.75, 3.05) is 20.1 Å². The molecule has 4 heterocycles. The largest absolute Gasteiger partial charge is 0.461 e. The molecule has 1 fully saturated rings. The standard InChI is InChI=1S/C22H24N4O2/c1-14-10-16-11-15(5-6-20(16)28-14)22(27)26-9-7-18-17(13-26)12-23-21(24-18)19-4-3-8-25(19)2/h5-6,10-12,19H,3-4,7-9,13H2,1-2H3/t19-/m1/s1. The Bertz CT molecular complexity index is 1060. The lowest BCUT2D eigenvalue weighted by atomic mass is 10.0. The number of fused-ring (bicyclic) bond motifs is 2. The number of aromatic nitrogens is 2. The van der Waals surface area contributed by atoms with Crippen molar-refractivity contribution < 1.29 is 9.21 Å². The third-order valence-electron chi connectivity index (χ3n) is 5.94. The number of rotatable bonds is 2. The van der Waals surface area contributed by atoms with Gasteiger partial charge in [-0.2, -0.15) is 0 Å². The summed E-state index contributed by atoms with van der Waals surface area (Å²) in [6.07, 6.45) is 5.02. The molecule has 2 aliphatic heterocycles. The van der Waals surface area contributed by atoms with Gasteiger partial charge in [0.1, 0.15) is 17.2 Å². The molecule has 0 unspecified atom stereocenters. The van der Waals surface area contributed by atoms with Gasteiger partial charge in [0.25, 0.3) is 5.91 Å². The molecule has 2 aliphatic rings. The van der Waals surface area contributed by atoms with Gasteiger partial charge >= 0.3 is 0 Å². The van der Waals surface area contributed by atoms with Gasteiger partial charge in [0.05, 0.1) is 11.7 Å². The van der Waals surface area contributed by atoms with Crippen molar-refractivity contribution in [3.05, 3.63) is 58.9 Å². The maximum Gasteiger partial charge on any atom is 0.254 e. The summed E-state index contributed by atoms with van der Waals surface area (Å²) in [6, 6.07) is 7.93. The Kier molecular flexibility index (Phi) is 4.16. The Hall–Kier alpha value is -2.73. The molecule has 28 heavy (non-hydrogen) atoms. The fourth-order valence-corrected chi connectivity index (χ4v) is 4.39. The third kappa shape index (κ3) is 2.98. The predicted molar refractivity (Wildman–Crippen MR) is 106 cm³/mol. The van der Waals surface area contributed by atoms with Crippen LogP contribution in [0.2, 0.25) is 0 Å². The van der Waals surface area contributed by atoms with Gasteiger partial charge in [-0.15, -0.1) is 0 Å². The molecule has 0 bridgehead atoms. The summed E-state index contributed by atoms with van der Waals surface area (Å²) in [5, 5.41) is 0.967. The molecular formula is C22H24N4O2. The van der Waals surface area contributed by atoms with Gasteiger partial charge in [0.15, 0.2) is 0 Å².